The van der Waals surface area contributed by atoms with Crippen LogP contribution in [0.2, 0.25) is 0 Å². The fourth-order valence-corrected chi connectivity index (χ4v) is 2.85. The van der Waals surface area contributed by atoms with Crippen molar-refractivity contribution in [3.8, 4) is 5.88 Å². The summed E-state index contributed by atoms with van der Waals surface area (Å²) in [7, 11) is 0. The lowest BCUT2D eigenvalue weighted by atomic mass is 9.99. The summed E-state index contributed by atoms with van der Waals surface area (Å²) >= 11 is 0. The zero-order valence-corrected chi connectivity index (χ0v) is 12.3. The fourth-order valence-electron chi connectivity index (χ4n) is 2.85. The average Bonchev–Trinajstić information content (AvgIpc) is 2.98. The first kappa shape index (κ1) is 14.3. The zero-order chi connectivity index (χ0) is 14.7. The van der Waals surface area contributed by atoms with Gasteiger partial charge in [0, 0.05) is 38.2 Å². The molecule has 6 heteroatoms. The molecule has 0 bridgehead atoms. The van der Waals surface area contributed by atoms with Gasteiger partial charge in [-0.15, -0.1) is 5.10 Å². The molecule has 0 aliphatic carbocycles. The number of hydrogen-bond acceptors (Lipinski definition) is 5. The van der Waals surface area contributed by atoms with Crippen LogP contribution in [0.4, 0.5) is 0 Å². The monoisotopic (exact) mass is 291 g/mol. The molecule has 1 amide bonds. The van der Waals surface area contributed by atoms with Gasteiger partial charge < -0.3 is 14.4 Å². The maximum Gasteiger partial charge on any atom is 0.233 e. The molecular weight excluding hydrogens is 270 g/mol. The van der Waals surface area contributed by atoms with Crippen molar-refractivity contribution < 1.29 is 14.3 Å². The van der Waals surface area contributed by atoms with E-state index in [-0.39, 0.29) is 17.9 Å². The van der Waals surface area contributed by atoms with Crippen LogP contribution >= 0.6 is 0 Å². The minimum Gasteiger partial charge on any atom is -0.471 e. The summed E-state index contributed by atoms with van der Waals surface area (Å²) in [5, 5.41) is 7.99. The Morgan fingerprint density at radius 3 is 2.81 bits per heavy atom. The van der Waals surface area contributed by atoms with E-state index in [1.165, 1.54) is 0 Å². The highest BCUT2D eigenvalue weighted by molar-refractivity contribution is 5.79. The topological polar surface area (TPSA) is 64.5 Å². The zero-order valence-electron chi connectivity index (χ0n) is 12.3. The van der Waals surface area contributed by atoms with E-state index in [4.69, 9.17) is 9.47 Å². The van der Waals surface area contributed by atoms with Crippen molar-refractivity contribution in [2.75, 3.05) is 26.3 Å². The van der Waals surface area contributed by atoms with Gasteiger partial charge in [0.05, 0.1) is 12.2 Å². The lowest BCUT2D eigenvalue weighted by molar-refractivity contribution is -0.137. The number of carbonyl (C=O) groups excluding carboxylic acids is 1. The Bertz CT molecular complexity index is 485. The summed E-state index contributed by atoms with van der Waals surface area (Å²) in [5.74, 6) is 0.905. The Morgan fingerprint density at radius 2 is 2.10 bits per heavy atom. The molecule has 6 nitrogen and oxygen atoms in total. The predicted molar refractivity (Wildman–Crippen MR) is 75.9 cm³/mol. The van der Waals surface area contributed by atoms with Crippen molar-refractivity contribution in [1.29, 1.82) is 0 Å². The molecule has 3 heterocycles. The second-order valence-corrected chi connectivity index (χ2v) is 5.71. The van der Waals surface area contributed by atoms with Crippen LogP contribution < -0.4 is 4.74 Å². The summed E-state index contributed by atoms with van der Waals surface area (Å²) in [6.07, 6.45) is 2.55. The largest absolute Gasteiger partial charge is 0.471 e. The minimum absolute atomic E-state index is 0.0193. The lowest BCUT2D eigenvalue weighted by Crippen LogP contribution is -2.38. The number of nitrogens with zero attached hydrogens (tertiary/aromatic N) is 3. The Balaban J connectivity index is 1.52. The second-order valence-electron chi connectivity index (χ2n) is 5.71. The molecule has 2 aliphatic rings. The van der Waals surface area contributed by atoms with Crippen molar-refractivity contribution >= 4 is 5.91 Å². The highest BCUT2D eigenvalue weighted by Crippen LogP contribution is 2.22. The van der Waals surface area contributed by atoms with Gasteiger partial charge in [0.25, 0.3) is 0 Å². The Morgan fingerprint density at radius 1 is 1.29 bits per heavy atom. The van der Waals surface area contributed by atoms with Gasteiger partial charge in [-0.3, -0.25) is 4.79 Å². The maximum absolute atomic E-state index is 12.4. The smallest absolute Gasteiger partial charge is 0.233 e. The summed E-state index contributed by atoms with van der Waals surface area (Å²) in [5.41, 5.74) is 0.866. The molecule has 2 fully saturated rings. The molecule has 2 aliphatic heterocycles. The molecular formula is C15H21N3O3. The summed E-state index contributed by atoms with van der Waals surface area (Å²) in [6, 6.07) is 3.70. The first-order valence-corrected chi connectivity index (χ1v) is 7.56. The van der Waals surface area contributed by atoms with Gasteiger partial charge in [-0.1, -0.05) is 0 Å². The van der Waals surface area contributed by atoms with E-state index in [1.54, 1.807) is 0 Å². The van der Waals surface area contributed by atoms with E-state index in [2.05, 4.69) is 10.2 Å². The normalized spacial score (nSPS) is 23.3. The molecule has 2 saturated heterocycles. The van der Waals surface area contributed by atoms with Crippen molar-refractivity contribution in [3.05, 3.63) is 17.8 Å². The highest BCUT2D eigenvalue weighted by Gasteiger charge is 2.32. The number of aryl methyl sites for hydroxylation is 1. The summed E-state index contributed by atoms with van der Waals surface area (Å²) < 4.78 is 11.1. The van der Waals surface area contributed by atoms with E-state index < -0.39 is 0 Å². The molecule has 1 aromatic heterocycles. The van der Waals surface area contributed by atoms with Crippen LogP contribution in [0.15, 0.2) is 12.1 Å². The summed E-state index contributed by atoms with van der Waals surface area (Å²) in [6.45, 7) is 4.69. The average molecular weight is 291 g/mol. The van der Waals surface area contributed by atoms with E-state index in [1.807, 2.05) is 24.0 Å². The Labute approximate surface area is 124 Å². The molecule has 0 aromatic carbocycles. The minimum atomic E-state index is 0.0193. The van der Waals surface area contributed by atoms with Crippen LogP contribution in [0.5, 0.6) is 5.88 Å². The van der Waals surface area contributed by atoms with Crippen LogP contribution in [0.25, 0.3) is 0 Å². The molecule has 1 atom stereocenters. The van der Waals surface area contributed by atoms with Crippen molar-refractivity contribution in [2.24, 2.45) is 5.92 Å². The van der Waals surface area contributed by atoms with Gasteiger partial charge in [0.15, 0.2) is 0 Å². The first-order chi connectivity index (χ1) is 10.2. The van der Waals surface area contributed by atoms with E-state index in [0.29, 0.717) is 25.6 Å². The molecule has 21 heavy (non-hydrogen) atoms. The Hall–Kier alpha value is -1.69. The Kier molecular flexibility index (Phi) is 4.34. The van der Waals surface area contributed by atoms with Gasteiger partial charge in [-0.05, 0) is 25.8 Å². The number of likely N-dealkylation sites (tertiary alicyclic amines) is 1. The van der Waals surface area contributed by atoms with E-state index in [0.717, 1.165) is 31.5 Å². The van der Waals surface area contributed by atoms with Crippen LogP contribution in [-0.4, -0.2) is 53.4 Å². The third-order valence-corrected chi connectivity index (χ3v) is 4.09. The third-order valence-electron chi connectivity index (χ3n) is 4.09. The van der Waals surface area contributed by atoms with Gasteiger partial charge >= 0.3 is 0 Å². The first-order valence-electron chi connectivity index (χ1n) is 7.56. The van der Waals surface area contributed by atoms with Crippen LogP contribution in [-0.2, 0) is 9.53 Å². The maximum atomic E-state index is 12.4. The van der Waals surface area contributed by atoms with Gasteiger partial charge in [-0.2, -0.15) is 5.10 Å². The molecule has 0 N–H and O–H groups in total. The number of carbonyl (C=O) groups is 1. The van der Waals surface area contributed by atoms with E-state index in [9.17, 15) is 4.79 Å². The van der Waals surface area contributed by atoms with Crippen LogP contribution in [0, 0.1) is 12.8 Å². The van der Waals surface area contributed by atoms with Crippen molar-refractivity contribution in [3.63, 3.8) is 0 Å². The molecule has 114 valence electrons. The highest BCUT2D eigenvalue weighted by atomic mass is 16.5. The number of rotatable bonds is 3. The number of aromatic nitrogens is 2. The van der Waals surface area contributed by atoms with Crippen molar-refractivity contribution in [2.45, 2.75) is 32.3 Å². The molecule has 1 aromatic rings. The van der Waals surface area contributed by atoms with Crippen molar-refractivity contribution in [1.82, 2.24) is 15.1 Å². The standard InChI is InChI=1S/C15H21N3O3/c1-11-2-3-14(17-16-11)21-13-4-7-18(10-13)15(19)12-5-8-20-9-6-12/h2-3,12-13H,4-10H2,1H3/t13-/m1/s1. The molecule has 3 rings (SSSR count). The number of hydrogen-bond donors (Lipinski definition) is 0. The third kappa shape index (κ3) is 3.50. The van der Waals surface area contributed by atoms with Gasteiger partial charge in [-0.25, -0.2) is 0 Å². The SMILES string of the molecule is Cc1ccc(O[C@@H]2CCN(C(=O)C3CCOCC3)C2)nn1. The lowest BCUT2D eigenvalue weighted by Gasteiger charge is -2.26. The van der Waals surface area contributed by atoms with Crippen LogP contribution in [0.3, 0.4) is 0 Å². The molecule has 0 saturated carbocycles. The second kappa shape index (κ2) is 6.39. The molecule has 0 radical (unpaired) electrons. The van der Waals surface area contributed by atoms with Gasteiger partial charge in [0.2, 0.25) is 11.8 Å². The molecule has 0 spiro atoms. The fraction of sp³-hybridized carbons (Fsp3) is 0.667. The van der Waals surface area contributed by atoms with Gasteiger partial charge in [0.1, 0.15) is 6.10 Å². The quantitative estimate of drug-likeness (QED) is 0.837. The van der Waals surface area contributed by atoms with E-state index >= 15 is 0 Å². The molecule has 0 unspecified atom stereocenters. The number of ether oxygens (including phenoxy) is 2. The summed E-state index contributed by atoms with van der Waals surface area (Å²) in [4.78, 5) is 14.3. The van der Waals surface area contributed by atoms with Crippen LogP contribution in [0.1, 0.15) is 25.0 Å². The predicted octanol–water partition coefficient (Wildman–Crippen LogP) is 1.19. The number of amides is 1.